The van der Waals surface area contributed by atoms with Crippen molar-refractivity contribution in [2.45, 2.75) is 0 Å². The van der Waals surface area contributed by atoms with Crippen LogP contribution in [0.3, 0.4) is 0 Å². The highest BCUT2D eigenvalue weighted by molar-refractivity contribution is 6.31. The number of amides is 2. The minimum Gasteiger partial charge on any atom is -0.436 e. The lowest BCUT2D eigenvalue weighted by Gasteiger charge is -2.03. The smallest absolute Gasteiger partial charge is 0.271 e. The number of nitrogens with one attached hydrogen (secondary N) is 1. The van der Waals surface area contributed by atoms with E-state index in [1.54, 1.807) is 18.2 Å². The number of hydrogen-bond donors (Lipinski definition) is 2. The Morgan fingerprint density at radius 1 is 1.16 bits per heavy atom. The van der Waals surface area contributed by atoms with Gasteiger partial charge in [-0.1, -0.05) is 17.7 Å². The van der Waals surface area contributed by atoms with Crippen molar-refractivity contribution < 1.29 is 18.4 Å². The molecule has 0 unspecified atom stereocenters. The van der Waals surface area contributed by atoms with E-state index in [0.29, 0.717) is 16.0 Å². The lowest BCUT2D eigenvalue weighted by molar-refractivity contribution is 0.0945. The van der Waals surface area contributed by atoms with Crippen LogP contribution in [0.2, 0.25) is 5.02 Å². The summed E-state index contributed by atoms with van der Waals surface area (Å²) in [7, 11) is 0. The molecule has 3 aromatic rings. The van der Waals surface area contributed by atoms with Gasteiger partial charge in [0, 0.05) is 16.0 Å². The highest BCUT2D eigenvalue weighted by atomic mass is 35.5. The van der Waals surface area contributed by atoms with E-state index < -0.39 is 17.6 Å². The molecule has 25 heavy (non-hydrogen) atoms. The first-order chi connectivity index (χ1) is 11.9. The van der Waals surface area contributed by atoms with Crippen molar-refractivity contribution in [1.29, 1.82) is 0 Å². The van der Waals surface area contributed by atoms with Crippen LogP contribution in [-0.2, 0) is 0 Å². The van der Waals surface area contributed by atoms with Crippen molar-refractivity contribution in [3.8, 4) is 0 Å². The maximum atomic E-state index is 13.2. The monoisotopic (exact) mass is 359 g/mol. The Balaban J connectivity index is 2.02. The number of primary amides is 1. The first-order valence-electron chi connectivity index (χ1n) is 7.07. The van der Waals surface area contributed by atoms with E-state index in [4.69, 9.17) is 21.8 Å². The topological polar surface area (TPSA) is 97.7 Å². The van der Waals surface area contributed by atoms with E-state index in [9.17, 15) is 14.0 Å². The molecule has 1 aromatic heterocycles. The molecule has 2 amide bonds. The molecular weight excluding hydrogens is 349 g/mol. The van der Waals surface area contributed by atoms with Crippen LogP contribution in [-0.4, -0.2) is 11.8 Å². The van der Waals surface area contributed by atoms with Crippen LogP contribution >= 0.6 is 11.6 Å². The number of nitrogens with zero attached hydrogens (tertiary/aromatic N) is 1. The summed E-state index contributed by atoms with van der Waals surface area (Å²) in [4.78, 5) is 23.6. The second-order valence-corrected chi connectivity index (χ2v) is 5.51. The standard InChI is InChI=1S/C17H11ClFN3O3/c18-11-4-5-14-10(6-11)8-13(15(20)23)17(25-14)22-21-16(24)9-2-1-3-12(19)7-9/h1-8H,(H2,20,23)(H,21,24)/b22-17-. The van der Waals surface area contributed by atoms with Gasteiger partial charge in [-0.2, -0.15) is 0 Å². The zero-order chi connectivity index (χ0) is 18.0. The lowest BCUT2D eigenvalue weighted by atomic mass is 10.2. The molecule has 0 saturated heterocycles. The van der Waals surface area contributed by atoms with E-state index in [1.165, 1.54) is 24.3 Å². The number of halogens is 2. The molecule has 2 aromatic carbocycles. The van der Waals surface area contributed by atoms with Gasteiger partial charge < -0.3 is 10.2 Å². The fourth-order valence-electron chi connectivity index (χ4n) is 2.16. The van der Waals surface area contributed by atoms with Gasteiger partial charge in [-0.15, -0.1) is 5.10 Å². The van der Waals surface area contributed by atoms with E-state index in [2.05, 4.69) is 10.5 Å². The van der Waals surface area contributed by atoms with Crippen molar-refractivity contribution in [3.05, 3.63) is 76.1 Å². The molecule has 3 N–H and O–H groups in total. The quantitative estimate of drug-likeness (QED) is 0.703. The van der Waals surface area contributed by atoms with Crippen LogP contribution in [0.15, 0.2) is 58.0 Å². The zero-order valence-corrected chi connectivity index (χ0v) is 13.4. The van der Waals surface area contributed by atoms with Gasteiger partial charge in [0.15, 0.2) is 0 Å². The van der Waals surface area contributed by atoms with Crippen LogP contribution in [0, 0.1) is 5.82 Å². The summed E-state index contributed by atoms with van der Waals surface area (Å²) in [5, 5.41) is 4.80. The number of fused-ring (bicyclic) bond motifs is 1. The summed E-state index contributed by atoms with van der Waals surface area (Å²) >= 11 is 5.90. The van der Waals surface area contributed by atoms with Crippen molar-refractivity contribution in [1.82, 2.24) is 5.43 Å². The third-order valence-corrected chi connectivity index (χ3v) is 3.56. The molecule has 1 heterocycles. The number of hydrogen-bond acceptors (Lipinski definition) is 4. The molecule has 8 heteroatoms. The molecule has 0 radical (unpaired) electrons. The summed E-state index contributed by atoms with van der Waals surface area (Å²) in [6.07, 6.45) is 0. The van der Waals surface area contributed by atoms with Crippen molar-refractivity contribution in [3.63, 3.8) is 0 Å². The van der Waals surface area contributed by atoms with Crippen molar-refractivity contribution >= 4 is 34.4 Å². The zero-order valence-electron chi connectivity index (χ0n) is 12.6. The number of nitrogens with two attached hydrogens (primary N) is 1. The normalized spacial score (nSPS) is 11.5. The SMILES string of the molecule is NC(=O)c1cc2cc(Cl)ccc2o/c1=N\NC(=O)c1cccc(F)c1. The second kappa shape index (κ2) is 6.74. The number of rotatable bonds is 3. The van der Waals surface area contributed by atoms with Gasteiger partial charge in [-0.25, -0.2) is 9.82 Å². The molecule has 0 fully saturated rings. The van der Waals surface area contributed by atoms with Gasteiger partial charge in [0.2, 0.25) is 5.55 Å². The molecule has 0 saturated carbocycles. The van der Waals surface area contributed by atoms with Crippen LogP contribution < -0.4 is 16.7 Å². The molecule has 0 bridgehead atoms. The fourth-order valence-corrected chi connectivity index (χ4v) is 2.34. The molecule has 0 atom stereocenters. The second-order valence-electron chi connectivity index (χ2n) is 5.07. The van der Waals surface area contributed by atoms with E-state index in [1.807, 2.05) is 0 Å². The summed E-state index contributed by atoms with van der Waals surface area (Å²) in [6, 6.07) is 11.3. The molecule has 0 aliphatic rings. The highest BCUT2D eigenvalue weighted by Crippen LogP contribution is 2.18. The van der Waals surface area contributed by atoms with Gasteiger partial charge >= 0.3 is 0 Å². The lowest BCUT2D eigenvalue weighted by Crippen LogP contribution is -2.27. The highest BCUT2D eigenvalue weighted by Gasteiger charge is 2.11. The summed E-state index contributed by atoms with van der Waals surface area (Å²) in [5.41, 5.74) is 7.79. The van der Waals surface area contributed by atoms with Gasteiger partial charge in [0.05, 0.1) is 0 Å². The summed E-state index contributed by atoms with van der Waals surface area (Å²) in [5.74, 6) is -2.01. The summed E-state index contributed by atoms with van der Waals surface area (Å²) in [6.45, 7) is 0. The van der Waals surface area contributed by atoms with Gasteiger partial charge in [0.25, 0.3) is 11.8 Å². The van der Waals surface area contributed by atoms with Crippen LogP contribution in [0.5, 0.6) is 0 Å². The molecular formula is C17H11ClFN3O3. The number of benzene rings is 2. The largest absolute Gasteiger partial charge is 0.436 e. The molecule has 3 rings (SSSR count). The number of carbonyl (C=O) groups is 2. The molecule has 0 aliphatic carbocycles. The Morgan fingerprint density at radius 2 is 1.96 bits per heavy atom. The van der Waals surface area contributed by atoms with E-state index >= 15 is 0 Å². The van der Waals surface area contributed by atoms with Crippen LogP contribution in [0.4, 0.5) is 4.39 Å². The predicted octanol–water partition coefficient (Wildman–Crippen LogP) is 2.57. The average Bonchev–Trinajstić information content (AvgIpc) is 2.58. The first kappa shape index (κ1) is 16.7. The fraction of sp³-hybridized carbons (Fsp3) is 0. The molecule has 0 aliphatic heterocycles. The molecule has 6 nitrogen and oxygen atoms in total. The van der Waals surface area contributed by atoms with Crippen molar-refractivity contribution in [2.24, 2.45) is 10.8 Å². The van der Waals surface area contributed by atoms with E-state index in [-0.39, 0.29) is 16.7 Å². The minimum absolute atomic E-state index is 0.0330. The Kier molecular flexibility index (Phi) is 4.49. The molecule has 126 valence electrons. The minimum atomic E-state index is -0.788. The van der Waals surface area contributed by atoms with Crippen molar-refractivity contribution in [2.75, 3.05) is 0 Å². The van der Waals surface area contributed by atoms with Gasteiger partial charge in [0.1, 0.15) is 17.0 Å². The third-order valence-electron chi connectivity index (χ3n) is 3.32. The maximum absolute atomic E-state index is 13.2. The van der Waals surface area contributed by atoms with Crippen LogP contribution in [0.25, 0.3) is 11.0 Å². The third kappa shape index (κ3) is 3.67. The predicted molar refractivity (Wildman–Crippen MR) is 89.2 cm³/mol. The molecule has 0 spiro atoms. The van der Waals surface area contributed by atoms with E-state index in [0.717, 1.165) is 6.07 Å². The Morgan fingerprint density at radius 3 is 2.68 bits per heavy atom. The van der Waals surface area contributed by atoms with Crippen LogP contribution in [0.1, 0.15) is 20.7 Å². The Bertz CT molecular complexity index is 1060. The maximum Gasteiger partial charge on any atom is 0.271 e. The number of carbonyl (C=O) groups excluding carboxylic acids is 2. The summed E-state index contributed by atoms with van der Waals surface area (Å²) < 4.78 is 18.7. The van der Waals surface area contributed by atoms with Gasteiger partial charge in [-0.3, -0.25) is 9.59 Å². The Hall–Kier alpha value is -3.19. The first-order valence-corrected chi connectivity index (χ1v) is 7.45. The van der Waals surface area contributed by atoms with Gasteiger partial charge in [-0.05, 0) is 42.5 Å². The Labute approximate surface area is 145 Å². The average molecular weight is 360 g/mol.